The van der Waals surface area contributed by atoms with E-state index in [1.807, 2.05) is 30.3 Å². The number of aromatic nitrogens is 2. The SMILES string of the molecule is C[C@@H]1Cc2nc(SCC(=O)Nc3ccc4c(c3)OCO4)n(Cc3ccccc3)c(=O)c2S1. The van der Waals surface area contributed by atoms with Crippen LogP contribution < -0.4 is 20.3 Å². The fourth-order valence-corrected chi connectivity index (χ4v) is 5.58. The maximum atomic E-state index is 13.2. The summed E-state index contributed by atoms with van der Waals surface area (Å²) in [6.07, 6.45) is 0.762. The van der Waals surface area contributed by atoms with E-state index >= 15 is 0 Å². The summed E-state index contributed by atoms with van der Waals surface area (Å²) in [6.45, 7) is 2.70. The molecule has 0 bridgehead atoms. The normalized spacial score (nSPS) is 16.1. The largest absolute Gasteiger partial charge is 0.454 e. The van der Waals surface area contributed by atoms with Crippen LogP contribution in [-0.4, -0.2) is 33.3 Å². The lowest BCUT2D eigenvalue weighted by Crippen LogP contribution is -2.26. The number of anilines is 1. The van der Waals surface area contributed by atoms with Crippen molar-refractivity contribution in [2.75, 3.05) is 17.9 Å². The van der Waals surface area contributed by atoms with Crippen molar-refractivity contribution in [3.05, 3.63) is 70.1 Å². The molecule has 1 aromatic heterocycles. The second kappa shape index (κ2) is 8.91. The summed E-state index contributed by atoms with van der Waals surface area (Å²) in [4.78, 5) is 31.3. The van der Waals surface area contributed by atoms with Crippen molar-refractivity contribution in [1.82, 2.24) is 9.55 Å². The molecule has 0 saturated carbocycles. The third-order valence-corrected chi connectivity index (χ3v) is 7.33. The number of thioether (sulfide) groups is 2. The first-order chi connectivity index (χ1) is 15.6. The maximum absolute atomic E-state index is 13.2. The summed E-state index contributed by atoms with van der Waals surface area (Å²) in [7, 11) is 0. The number of carbonyl (C=O) groups is 1. The van der Waals surface area contributed by atoms with Gasteiger partial charge in [-0.15, -0.1) is 11.8 Å². The second-order valence-corrected chi connectivity index (χ2v) is 9.98. The van der Waals surface area contributed by atoms with Gasteiger partial charge in [0, 0.05) is 23.4 Å². The van der Waals surface area contributed by atoms with Crippen molar-refractivity contribution in [1.29, 1.82) is 0 Å². The standard InChI is InChI=1S/C23H21N3O4S2/c1-14-9-17-21(32-14)22(28)26(11-15-5-3-2-4-6-15)23(25-17)31-12-20(27)24-16-7-8-18-19(10-16)30-13-29-18/h2-8,10,14H,9,11-13H2,1H3,(H,24,27)/t14-/m1/s1. The van der Waals surface area contributed by atoms with Crippen LogP contribution in [-0.2, 0) is 17.8 Å². The van der Waals surface area contributed by atoms with Crippen LogP contribution in [0, 0.1) is 0 Å². The van der Waals surface area contributed by atoms with Crippen LogP contribution in [0.4, 0.5) is 5.69 Å². The highest BCUT2D eigenvalue weighted by Crippen LogP contribution is 2.35. The number of ether oxygens (including phenoxy) is 2. The molecular weight excluding hydrogens is 446 g/mol. The molecule has 164 valence electrons. The van der Waals surface area contributed by atoms with Crippen molar-refractivity contribution in [3.8, 4) is 11.5 Å². The molecule has 3 aromatic rings. The summed E-state index contributed by atoms with van der Waals surface area (Å²) >= 11 is 2.86. The monoisotopic (exact) mass is 467 g/mol. The highest BCUT2D eigenvalue weighted by atomic mass is 32.2. The minimum atomic E-state index is -0.183. The van der Waals surface area contributed by atoms with Gasteiger partial charge in [0.05, 0.1) is 22.9 Å². The van der Waals surface area contributed by atoms with E-state index in [4.69, 9.17) is 14.5 Å². The Balaban J connectivity index is 1.35. The van der Waals surface area contributed by atoms with E-state index in [1.54, 1.807) is 34.5 Å². The van der Waals surface area contributed by atoms with E-state index in [2.05, 4.69) is 12.2 Å². The van der Waals surface area contributed by atoms with E-state index in [1.165, 1.54) is 11.8 Å². The lowest BCUT2D eigenvalue weighted by Gasteiger charge is -2.14. The van der Waals surface area contributed by atoms with Gasteiger partial charge < -0.3 is 14.8 Å². The van der Waals surface area contributed by atoms with E-state index in [9.17, 15) is 9.59 Å². The van der Waals surface area contributed by atoms with Gasteiger partial charge in [0.25, 0.3) is 5.56 Å². The number of nitrogens with one attached hydrogen (secondary N) is 1. The number of amides is 1. The van der Waals surface area contributed by atoms with Crippen LogP contribution >= 0.6 is 23.5 Å². The number of carbonyl (C=O) groups excluding carboxylic acids is 1. The summed E-state index contributed by atoms with van der Waals surface area (Å²) < 4.78 is 12.3. The van der Waals surface area contributed by atoms with Gasteiger partial charge in [-0.05, 0) is 17.7 Å². The number of fused-ring (bicyclic) bond motifs is 2. The van der Waals surface area contributed by atoms with Crippen LogP contribution in [0.15, 0.2) is 63.4 Å². The summed E-state index contributed by atoms with van der Waals surface area (Å²) in [5.41, 5.74) is 2.44. The molecule has 1 N–H and O–H groups in total. The first-order valence-electron chi connectivity index (χ1n) is 10.2. The van der Waals surface area contributed by atoms with Gasteiger partial charge in [0.2, 0.25) is 12.7 Å². The van der Waals surface area contributed by atoms with Gasteiger partial charge in [-0.25, -0.2) is 4.98 Å². The summed E-state index contributed by atoms with van der Waals surface area (Å²) in [6, 6.07) is 15.1. The zero-order valence-electron chi connectivity index (χ0n) is 17.4. The van der Waals surface area contributed by atoms with Crippen molar-refractivity contribution in [3.63, 3.8) is 0 Å². The Kier molecular flexibility index (Phi) is 5.84. The molecule has 3 heterocycles. The number of benzene rings is 2. The maximum Gasteiger partial charge on any atom is 0.268 e. The number of hydrogen-bond acceptors (Lipinski definition) is 7. The highest BCUT2D eigenvalue weighted by Gasteiger charge is 2.26. The summed E-state index contributed by atoms with van der Waals surface area (Å²) in [5, 5.41) is 3.76. The number of hydrogen-bond donors (Lipinski definition) is 1. The first kappa shape index (κ1) is 21.0. The predicted molar refractivity (Wildman–Crippen MR) is 125 cm³/mol. The molecule has 7 nitrogen and oxygen atoms in total. The molecule has 9 heteroatoms. The molecule has 1 amide bonds. The molecule has 0 spiro atoms. The van der Waals surface area contributed by atoms with Gasteiger partial charge in [-0.1, -0.05) is 49.0 Å². The molecule has 0 saturated heterocycles. The molecule has 0 aliphatic carbocycles. The molecule has 0 radical (unpaired) electrons. The zero-order valence-corrected chi connectivity index (χ0v) is 19.0. The quantitative estimate of drug-likeness (QED) is 0.436. The Morgan fingerprint density at radius 1 is 1.22 bits per heavy atom. The Labute approximate surface area is 193 Å². The van der Waals surface area contributed by atoms with Gasteiger partial charge in [-0.3, -0.25) is 14.2 Å². The fraction of sp³-hybridized carbons (Fsp3) is 0.261. The van der Waals surface area contributed by atoms with Crippen molar-refractivity contribution in [2.45, 2.75) is 35.2 Å². The Morgan fingerprint density at radius 3 is 2.88 bits per heavy atom. The van der Waals surface area contributed by atoms with Crippen LogP contribution in [0.2, 0.25) is 0 Å². The molecule has 2 aliphatic heterocycles. The molecule has 32 heavy (non-hydrogen) atoms. The second-order valence-electron chi connectivity index (χ2n) is 7.58. The molecule has 5 rings (SSSR count). The molecular formula is C23H21N3O4S2. The molecule has 2 aliphatic rings. The van der Waals surface area contributed by atoms with Gasteiger partial charge in [-0.2, -0.15) is 0 Å². The lowest BCUT2D eigenvalue weighted by molar-refractivity contribution is -0.113. The van der Waals surface area contributed by atoms with Gasteiger partial charge in [0.15, 0.2) is 16.7 Å². The van der Waals surface area contributed by atoms with Crippen LogP contribution in [0.3, 0.4) is 0 Å². The topological polar surface area (TPSA) is 82.4 Å². The Bertz CT molecular complexity index is 1230. The van der Waals surface area contributed by atoms with Crippen LogP contribution in [0.25, 0.3) is 0 Å². The van der Waals surface area contributed by atoms with E-state index in [0.29, 0.717) is 34.1 Å². The van der Waals surface area contributed by atoms with Crippen molar-refractivity contribution in [2.24, 2.45) is 0 Å². The fourth-order valence-electron chi connectivity index (χ4n) is 3.65. The first-order valence-corrected chi connectivity index (χ1v) is 12.1. The van der Waals surface area contributed by atoms with Gasteiger partial charge >= 0.3 is 0 Å². The molecule has 1 atom stereocenters. The van der Waals surface area contributed by atoms with Crippen molar-refractivity contribution >= 4 is 35.1 Å². The van der Waals surface area contributed by atoms with Crippen LogP contribution in [0.5, 0.6) is 11.5 Å². The predicted octanol–water partition coefficient (Wildman–Crippen LogP) is 3.79. The minimum absolute atomic E-state index is 0.0353. The Hall–Kier alpha value is -2.91. The average Bonchev–Trinajstić information content (AvgIpc) is 3.41. The van der Waals surface area contributed by atoms with Gasteiger partial charge in [0.1, 0.15) is 0 Å². The van der Waals surface area contributed by atoms with Crippen molar-refractivity contribution < 1.29 is 14.3 Å². The molecule has 0 unspecified atom stereocenters. The molecule has 0 fully saturated rings. The van der Waals surface area contributed by atoms with E-state index in [0.717, 1.165) is 22.6 Å². The zero-order chi connectivity index (χ0) is 22.1. The minimum Gasteiger partial charge on any atom is -0.454 e. The van der Waals surface area contributed by atoms with E-state index in [-0.39, 0.29) is 24.0 Å². The summed E-state index contributed by atoms with van der Waals surface area (Å²) in [5.74, 6) is 1.23. The third-order valence-electron chi connectivity index (χ3n) is 5.14. The number of nitrogens with zero attached hydrogens (tertiary/aromatic N) is 2. The molecule has 2 aromatic carbocycles. The smallest absolute Gasteiger partial charge is 0.268 e. The number of rotatable bonds is 6. The lowest BCUT2D eigenvalue weighted by atomic mass is 10.2. The average molecular weight is 468 g/mol. The highest BCUT2D eigenvalue weighted by molar-refractivity contribution is 8.00. The Morgan fingerprint density at radius 2 is 2.03 bits per heavy atom. The van der Waals surface area contributed by atoms with Crippen LogP contribution in [0.1, 0.15) is 18.2 Å². The third kappa shape index (κ3) is 4.35. The van der Waals surface area contributed by atoms with E-state index < -0.39 is 0 Å².